The third-order valence-corrected chi connectivity index (χ3v) is 2.70. The van der Waals surface area contributed by atoms with Crippen LogP contribution >= 0.6 is 0 Å². The molecule has 2 atom stereocenters. The van der Waals surface area contributed by atoms with Crippen molar-refractivity contribution in [3.63, 3.8) is 0 Å². The first-order chi connectivity index (χ1) is 5.52. The fourth-order valence-corrected chi connectivity index (χ4v) is 1.93. The van der Waals surface area contributed by atoms with E-state index in [0.29, 0.717) is 11.7 Å². The van der Waals surface area contributed by atoms with Crippen molar-refractivity contribution < 1.29 is 4.79 Å². The second-order valence-corrected chi connectivity index (χ2v) is 4.26. The summed E-state index contributed by atoms with van der Waals surface area (Å²) >= 11 is 0. The average molecular weight is 166 g/mol. The predicted molar refractivity (Wildman–Crippen MR) is 50.9 cm³/mol. The molecule has 0 bridgehead atoms. The van der Waals surface area contributed by atoms with Crippen LogP contribution in [0.2, 0.25) is 0 Å². The van der Waals surface area contributed by atoms with Gasteiger partial charge in [0.1, 0.15) is 5.78 Å². The maximum atomic E-state index is 11.7. The van der Waals surface area contributed by atoms with Crippen molar-refractivity contribution in [1.29, 1.82) is 0 Å². The second kappa shape index (κ2) is 3.42. The Morgan fingerprint density at radius 3 is 2.58 bits per heavy atom. The van der Waals surface area contributed by atoms with E-state index < -0.39 is 0 Å². The van der Waals surface area contributed by atoms with Gasteiger partial charge >= 0.3 is 0 Å². The number of Topliss-reactive ketones (excluding diaryl/α,β-unsaturated/α-hetero) is 1. The number of carbonyl (C=O) groups is 1. The van der Waals surface area contributed by atoms with Gasteiger partial charge in [0, 0.05) is 11.8 Å². The van der Waals surface area contributed by atoms with Crippen molar-refractivity contribution in [3.8, 4) is 0 Å². The molecule has 0 radical (unpaired) electrons. The Labute approximate surface area is 74.9 Å². The van der Waals surface area contributed by atoms with E-state index in [9.17, 15) is 4.79 Å². The van der Waals surface area contributed by atoms with Gasteiger partial charge in [-0.2, -0.15) is 0 Å². The first-order valence-electron chi connectivity index (χ1n) is 4.73. The molecule has 0 unspecified atom stereocenters. The van der Waals surface area contributed by atoms with Crippen LogP contribution in [0.25, 0.3) is 0 Å². The van der Waals surface area contributed by atoms with Crippen molar-refractivity contribution in [2.75, 3.05) is 0 Å². The van der Waals surface area contributed by atoms with E-state index in [0.717, 1.165) is 6.42 Å². The van der Waals surface area contributed by atoms with Crippen LogP contribution in [0.4, 0.5) is 0 Å². The molecule has 0 amide bonds. The molecular weight excluding hydrogens is 148 g/mol. The summed E-state index contributed by atoms with van der Waals surface area (Å²) in [7, 11) is 0. The highest BCUT2D eigenvalue weighted by molar-refractivity contribution is 5.86. The standard InChI is InChI=1S/C11H18O/c1-7(2)10-6-8(3)5-9(4)11(10)12/h5,7,9-10H,6H2,1-4H3/t9-,10+/m1/s1. The molecule has 0 spiro atoms. The summed E-state index contributed by atoms with van der Waals surface area (Å²) in [5, 5.41) is 0. The monoisotopic (exact) mass is 166 g/mol. The van der Waals surface area contributed by atoms with Crippen LogP contribution in [0.1, 0.15) is 34.1 Å². The Morgan fingerprint density at radius 1 is 1.50 bits per heavy atom. The number of rotatable bonds is 1. The Balaban J connectivity index is 2.81. The molecule has 1 rings (SSSR count). The number of hydrogen-bond acceptors (Lipinski definition) is 1. The predicted octanol–water partition coefficient (Wildman–Crippen LogP) is 2.81. The lowest BCUT2D eigenvalue weighted by atomic mass is 9.77. The minimum Gasteiger partial charge on any atom is -0.299 e. The fraction of sp³-hybridized carbons (Fsp3) is 0.727. The van der Waals surface area contributed by atoms with E-state index in [4.69, 9.17) is 0 Å². The molecule has 0 aromatic carbocycles. The Bertz CT molecular complexity index is 213. The molecule has 1 aliphatic rings. The molecule has 68 valence electrons. The van der Waals surface area contributed by atoms with Crippen LogP contribution < -0.4 is 0 Å². The molecule has 1 heteroatoms. The van der Waals surface area contributed by atoms with Crippen LogP contribution in [-0.4, -0.2) is 5.78 Å². The lowest BCUT2D eigenvalue weighted by Crippen LogP contribution is -2.28. The molecule has 0 saturated carbocycles. The average Bonchev–Trinajstić information content (AvgIpc) is 1.96. The second-order valence-electron chi connectivity index (χ2n) is 4.26. The summed E-state index contributed by atoms with van der Waals surface area (Å²) < 4.78 is 0. The van der Waals surface area contributed by atoms with Gasteiger partial charge in [0.2, 0.25) is 0 Å². The highest BCUT2D eigenvalue weighted by Crippen LogP contribution is 2.29. The molecule has 0 aromatic heterocycles. The molecule has 1 nitrogen and oxygen atoms in total. The Morgan fingerprint density at radius 2 is 2.08 bits per heavy atom. The number of carbonyl (C=O) groups excluding carboxylic acids is 1. The first kappa shape index (κ1) is 9.50. The zero-order chi connectivity index (χ0) is 9.30. The normalized spacial score (nSPS) is 30.8. The lowest BCUT2D eigenvalue weighted by Gasteiger charge is -2.26. The van der Waals surface area contributed by atoms with E-state index in [1.54, 1.807) is 0 Å². The van der Waals surface area contributed by atoms with Crippen LogP contribution in [0.5, 0.6) is 0 Å². The maximum absolute atomic E-state index is 11.7. The number of ketones is 1. The van der Waals surface area contributed by atoms with Crippen LogP contribution in [0, 0.1) is 17.8 Å². The summed E-state index contributed by atoms with van der Waals surface area (Å²) in [6.07, 6.45) is 3.07. The third kappa shape index (κ3) is 1.77. The van der Waals surface area contributed by atoms with Gasteiger partial charge in [-0.3, -0.25) is 4.79 Å². The smallest absolute Gasteiger partial charge is 0.143 e. The summed E-state index contributed by atoms with van der Waals surface area (Å²) in [5.41, 5.74) is 1.38. The highest BCUT2D eigenvalue weighted by atomic mass is 16.1. The van der Waals surface area contributed by atoms with Crippen LogP contribution in [0.15, 0.2) is 11.6 Å². The SMILES string of the molecule is CC1=C[C@@H](C)C(=O)[C@H](C(C)C)C1. The molecule has 0 saturated heterocycles. The fourth-order valence-electron chi connectivity index (χ4n) is 1.93. The molecular formula is C11H18O. The number of hydrogen-bond donors (Lipinski definition) is 0. The van der Waals surface area contributed by atoms with Gasteiger partial charge in [0.25, 0.3) is 0 Å². The van der Waals surface area contributed by atoms with Crippen LogP contribution in [0.3, 0.4) is 0 Å². The zero-order valence-electron chi connectivity index (χ0n) is 8.42. The van der Waals surface area contributed by atoms with Gasteiger partial charge in [-0.15, -0.1) is 0 Å². The minimum atomic E-state index is 0.145. The Kier molecular flexibility index (Phi) is 2.71. The highest BCUT2D eigenvalue weighted by Gasteiger charge is 2.29. The zero-order valence-corrected chi connectivity index (χ0v) is 8.42. The molecule has 0 N–H and O–H groups in total. The van der Waals surface area contributed by atoms with E-state index in [2.05, 4.69) is 26.8 Å². The quantitative estimate of drug-likeness (QED) is 0.547. The number of allylic oxidation sites excluding steroid dienone is 2. The van der Waals surface area contributed by atoms with Gasteiger partial charge in [0.05, 0.1) is 0 Å². The molecule has 12 heavy (non-hydrogen) atoms. The summed E-state index contributed by atoms with van der Waals surface area (Å²) in [5.74, 6) is 1.33. The minimum absolute atomic E-state index is 0.145. The topological polar surface area (TPSA) is 17.1 Å². The first-order valence-corrected chi connectivity index (χ1v) is 4.73. The van der Waals surface area contributed by atoms with Gasteiger partial charge in [-0.05, 0) is 19.3 Å². The van der Waals surface area contributed by atoms with Gasteiger partial charge < -0.3 is 0 Å². The third-order valence-electron chi connectivity index (χ3n) is 2.70. The van der Waals surface area contributed by atoms with Crippen molar-refractivity contribution in [3.05, 3.63) is 11.6 Å². The molecule has 0 heterocycles. The molecule has 0 aromatic rings. The summed E-state index contributed by atoms with van der Waals surface area (Å²) in [6.45, 7) is 8.39. The lowest BCUT2D eigenvalue weighted by molar-refractivity contribution is -0.126. The van der Waals surface area contributed by atoms with E-state index in [1.165, 1.54) is 5.57 Å². The van der Waals surface area contributed by atoms with Crippen molar-refractivity contribution >= 4 is 5.78 Å². The molecule has 0 aliphatic heterocycles. The molecule has 1 aliphatic carbocycles. The Hall–Kier alpha value is -0.590. The van der Waals surface area contributed by atoms with Crippen LogP contribution in [-0.2, 0) is 4.79 Å². The maximum Gasteiger partial charge on any atom is 0.143 e. The van der Waals surface area contributed by atoms with Crippen molar-refractivity contribution in [1.82, 2.24) is 0 Å². The van der Waals surface area contributed by atoms with Gasteiger partial charge in [-0.1, -0.05) is 32.4 Å². The summed E-state index contributed by atoms with van der Waals surface area (Å²) in [6, 6.07) is 0. The van der Waals surface area contributed by atoms with Crippen molar-refractivity contribution in [2.45, 2.75) is 34.1 Å². The van der Waals surface area contributed by atoms with E-state index in [-0.39, 0.29) is 11.8 Å². The van der Waals surface area contributed by atoms with Gasteiger partial charge in [0.15, 0.2) is 0 Å². The van der Waals surface area contributed by atoms with E-state index in [1.807, 2.05) is 6.92 Å². The largest absolute Gasteiger partial charge is 0.299 e. The molecule has 0 fully saturated rings. The van der Waals surface area contributed by atoms with Gasteiger partial charge in [-0.25, -0.2) is 0 Å². The van der Waals surface area contributed by atoms with E-state index >= 15 is 0 Å². The van der Waals surface area contributed by atoms with Crippen molar-refractivity contribution in [2.24, 2.45) is 17.8 Å². The summed E-state index contributed by atoms with van der Waals surface area (Å²) in [4.78, 5) is 11.7.